The number of aryl methyl sites for hydroxylation is 1. The Hall–Kier alpha value is -2.11. The van der Waals surface area contributed by atoms with Crippen molar-refractivity contribution < 1.29 is 4.79 Å². The van der Waals surface area contributed by atoms with Gasteiger partial charge in [0.05, 0.1) is 11.6 Å². The zero-order valence-electron chi connectivity index (χ0n) is 19.2. The van der Waals surface area contributed by atoms with Crippen LogP contribution < -0.4 is 5.32 Å². The van der Waals surface area contributed by atoms with Crippen molar-refractivity contribution in [2.45, 2.75) is 46.6 Å². The highest BCUT2D eigenvalue weighted by Crippen LogP contribution is 2.25. The van der Waals surface area contributed by atoms with Crippen LogP contribution in [0.2, 0.25) is 0 Å². The average Bonchev–Trinajstić information content (AvgIpc) is 3.08. The van der Waals surface area contributed by atoms with Crippen LogP contribution in [0.3, 0.4) is 0 Å². The van der Waals surface area contributed by atoms with Gasteiger partial charge in [0.15, 0.2) is 0 Å². The van der Waals surface area contributed by atoms with E-state index >= 15 is 0 Å². The van der Waals surface area contributed by atoms with Crippen LogP contribution in [-0.2, 0) is 0 Å². The van der Waals surface area contributed by atoms with Crippen molar-refractivity contribution in [3.8, 4) is 0 Å². The molecule has 1 N–H and O–H groups in total. The zero-order chi connectivity index (χ0) is 21.5. The first-order valence-electron chi connectivity index (χ1n) is 11.5. The van der Waals surface area contributed by atoms with E-state index in [0.717, 1.165) is 49.4 Å². The summed E-state index contributed by atoms with van der Waals surface area (Å²) in [5.74, 6) is 0.0474. The third-order valence-electron chi connectivity index (χ3n) is 6.50. The standard InChI is InChI=1S/C25H38N4O/c1-5-27-15-17-28(18-16-27)14-10-9-13-26-25(30)24-19-20(2)29(22(24)4)21(3)23-11-7-6-8-12-23/h6-8,11-12,19,21H,5,9-10,13-18H2,1-4H3,(H,26,30). The van der Waals surface area contributed by atoms with Crippen LogP contribution in [0.1, 0.15) is 60.0 Å². The second-order valence-electron chi connectivity index (χ2n) is 8.48. The fourth-order valence-electron chi connectivity index (χ4n) is 4.57. The maximum Gasteiger partial charge on any atom is 0.253 e. The molecule has 2 aromatic rings. The lowest BCUT2D eigenvalue weighted by molar-refractivity contribution is 0.0951. The van der Waals surface area contributed by atoms with E-state index in [1.165, 1.54) is 31.7 Å². The molecular formula is C25H38N4O. The van der Waals surface area contributed by atoms with E-state index in [1.54, 1.807) is 0 Å². The Morgan fingerprint density at radius 1 is 1.03 bits per heavy atom. The minimum Gasteiger partial charge on any atom is -0.352 e. The molecule has 5 heteroatoms. The highest BCUT2D eigenvalue weighted by molar-refractivity contribution is 5.95. The maximum atomic E-state index is 12.8. The fourth-order valence-corrected chi connectivity index (χ4v) is 4.57. The summed E-state index contributed by atoms with van der Waals surface area (Å²) in [6, 6.07) is 12.7. The number of unbranched alkanes of at least 4 members (excludes halogenated alkanes) is 1. The SMILES string of the molecule is CCN1CCN(CCCCNC(=O)c2cc(C)n(C(C)c3ccccc3)c2C)CC1. The number of carbonyl (C=O) groups excluding carboxylic acids is 1. The van der Waals surface area contributed by atoms with Crippen molar-refractivity contribution in [2.24, 2.45) is 0 Å². The molecule has 1 fully saturated rings. The Morgan fingerprint density at radius 2 is 1.70 bits per heavy atom. The number of carbonyl (C=O) groups is 1. The Labute approximate surface area is 182 Å². The number of amides is 1. The average molecular weight is 411 g/mol. The molecular weight excluding hydrogens is 372 g/mol. The number of rotatable bonds is 9. The van der Waals surface area contributed by atoms with Crippen molar-refractivity contribution in [3.63, 3.8) is 0 Å². The molecule has 0 saturated carbocycles. The monoisotopic (exact) mass is 410 g/mol. The van der Waals surface area contributed by atoms with Crippen molar-refractivity contribution in [3.05, 3.63) is 58.9 Å². The summed E-state index contributed by atoms with van der Waals surface area (Å²) >= 11 is 0. The van der Waals surface area contributed by atoms with Crippen LogP contribution in [0, 0.1) is 13.8 Å². The number of hydrogen-bond acceptors (Lipinski definition) is 3. The van der Waals surface area contributed by atoms with Gasteiger partial charge in [-0.1, -0.05) is 37.3 Å². The molecule has 2 heterocycles. The minimum absolute atomic E-state index is 0.0474. The summed E-state index contributed by atoms with van der Waals surface area (Å²) in [5.41, 5.74) is 4.22. The van der Waals surface area contributed by atoms with Crippen LogP contribution >= 0.6 is 0 Å². The summed E-state index contributed by atoms with van der Waals surface area (Å²) in [4.78, 5) is 17.8. The number of hydrogen-bond donors (Lipinski definition) is 1. The number of likely N-dealkylation sites (N-methyl/N-ethyl adjacent to an activating group) is 1. The van der Waals surface area contributed by atoms with Gasteiger partial charge in [-0.15, -0.1) is 0 Å². The quantitative estimate of drug-likeness (QED) is 0.638. The van der Waals surface area contributed by atoms with E-state index in [9.17, 15) is 4.79 Å². The second-order valence-corrected chi connectivity index (χ2v) is 8.48. The Kier molecular flexibility index (Phi) is 8.11. The van der Waals surface area contributed by atoms with Crippen LogP contribution in [0.5, 0.6) is 0 Å². The first-order chi connectivity index (χ1) is 14.5. The molecule has 1 aromatic heterocycles. The molecule has 1 saturated heterocycles. The van der Waals surface area contributed by atoms with E-state index in [2.05, 4.69) is 71.6 Å². The molecule has 0 radical (unpaired) electrons. The van der Waals surface area contributed by atoms with Gasteiger partial charge in [-0.05, 0) is 58.3 Å². The number of piperazine rings is 1. The molecule has 0 spiro atoms. The fraction of sp³-hybridized carbons (Fsp3) is 0.560. The Morgan fingerprint density at radius 3 is 2.37 bits per heavy atom. The predicted octanol–water partition coefficient (Wildman–Crippen LogP) is 3.86. The van der Waals surface area contributed by atoms with Gasteiger partial charge in [0.25, 0.3) is 5.91 Å². The van der Waals surface area contributed by atoms with Crippen molar-refractivity contribution in [2.75, 3.05) is 45.8 Å². The maximum absolute atomic E-state index is 12.8. The van der Waals surface area contributed by atoms with Crippen molar-refractivity contribution in [1.29, 1.82) is 0 Å². The molecule has 0 aliphatic carbocycles. The molecule has 164 valence electrons. The molecule has 30 heavy (non-hydrogen) atoms. The van der Waals surface area contributed by atoms with Gasteiger partial charge in [0, 0.05) is 44.1 Å². The number of nitrogens with one attached hydrogen (secondary N) is 1. The van der Waals surface area contributed by atoms with Crippen LogP contribution in [0.4, 0.5) is 0 Å². The minimum atomic E-state index is 0.0474. The largest absolute Gasteiger partial charge is 0.352 e. The summed E-state index contributed by atoms with van der Waals surface area (Å²) in [7, 11) is 0. The highest BCUT2D eigenvalue weighted by Gasteiger charge is 2.19. The molecule has 1 amide bonds. The van der Waals surface area contributed by atoms with E-state index in [-0.39, 0.29) is 11.9 Å². The molecule has 3 rings (SSSR count). The van der Waals surface area contributed by atoms with Gasteiger partial charge in [-0.2, -0.15) is 0 Å². The molecule has 1 aromatic carbocycles. The smallest absolute Gasteiger partial charge is 0.253 e. The van der Waals surface area contributed by atoms with Crippen molar-refractivity contribution in [1.82, 2.24) is 19.7 Å². The van der Waals surface area contributed by atoms with E-state index in [0.29, 0.717) is 0 Å². The summed E-state index contributed by atoms with van der Waals surface area (Å²) in [6.45, 7) is 16.3. The van der Waals surface area contributed by atoms with E-state index < -0.39 is 0 Å². The molecule has 1 aliphatic heterocycles. The summed E-state index contributed by atoms with van der Waals surface area (Å²) in [5, 5.41) is 3.13. The summed E-state index contributed by atoms with van der Waals surface area (Å²) < 4.78 is 2.26. The van der Waals surface area contributed by atoms with Crippen LogP contribution in [0.25, 0.3) is 0 Å². The van der Waals surface area contributed by atoms with Crippen molar-refractivity contribution >= 4 is 5.91 Å². The van der Waals surface area contributed by atoms with Gasteiger partial charge in [-0.25, -0.2) is 0 Å². The second kappa shape index (κ2) is 10.8. The topological polar surface area (TPSA) is 40.5 Å². The summed E-state index contributed by atoms with van der Waals surface area (Å²) in [6.07, 6.45) is 2.16. The normalized spacial score (nSPS) is 16.5. The van der Waals surface area contributed by atoms with Crippen LogP contribution in [0.15, 0.2) is 36.4 Å². The first-order valence-corrected chi connectivity index (χ1v) is 11.5. The lowest BCUT2D eigenvalue weighted by Crippen LogP contribution is -2.46. The molecule has 0 bridgehead atoms. The predicted molar refractivity (Wildman–Crippen MR) is 124 cm³/mol. The van der Waals surface area contributed by atoms with E-state index in [1.807, 2.05) is 12.1 Å². The van der Waals surface area contributed by atoms with E-state index in [4.69, 9.17) is 0 Å². The lowest BCUT2D eigenvalue weighted by Gasteiger charge is -2.33. The molecule has 1 atom stereocenters. The molecule has 5 nitrogen and oxygen atoms in total. The molecule has 1 aliphatic rings. The third-order valence-corrected chi connectivity index (χ3v) is 6.50. The van der Waals surface area contributed by atoms with Gasteiger partial charge in [0.2, 0.25) is 0 Å². The number of aromatic nitrogens is 1. The Balaban J connectivity index is 1.47. The highest BCUT2D eigenvalue weighted by atomic mass is 16.1. The molecule has 1 unspecified atom stereocenters. The van der Waals surface area contributed by atoms with Crippen LogP contribution in [-0.4, -0.2) is 66.1 Å². The first kappa shape index (κ1) is 22.6. The van der Waals surface area contributed by atoms with Gasteiger partial charge < -0.3 is 19.7 Å². The van der Waals surface area contributed by atoms with Gasteiger partial charge in [0.1, 0.15) is 0 Å². The third kappa shape index (κ3) is 5.52. The van der Waals surface area contributed by atoms with Gasteiger partial charge >= 0.3 is 0 Å². The Bertz CT molecular complexity index is 806. The number of nitrogens with zero attached hydrogens (tertiary/aromatic N) is 3. The zero-order valence-corrected chi connectivity index (χ0v) is 19.2. The number of benzene rings is 1. The van der Waals surface area contributed by atoms with Gasteiger partial charge in [-0.3, -0.25) is 4.79 Å². The lowest BCUT2D eigenvalue weighted by atomic mass is 10.1.